The van der Waals surface area contributed by atoms with Gasteiger partial charge in [0.15, 0.2) is 0 Å². The highest BCUT2D eigenvalue weighted by Gasteiger charge is 2.41. The number of hydrogen-bond donors (Lipinski definition) is 1. The number of ether oxygens (including phenoxy) is 2. The van der Waals surface area contributed by atoms with Crippen molar-refractivity contribution in [2.45, 2.75) is 58.8 Å². The Morgan fingerprint density at radius 1 is 1.33 bits per heavy atom. The molecule has 2 unspecified atom stereocenters. The molecule has 90 valence electrons. The topological polar surface area (TPSA) is 38.7 Å². The molecule has 1 N–H and O–H groups in total. The van der Waals surface area contributed by atoms with E-state index in [2.05, 4.69) is 13.8 Å². The summed E-state index contributed by atoms with van der Waals surface area (Å²) in [4.78, 5) is 0. The molecular weight excluding hydrogens is 192 g/mol. The summed E-state index contributed by atoms with van der Waals surface area (Å²) in [5.74, 6) is 0. The van der Waals surface area contributed by atoms with Crippen molar-refractivity contribution in [3.63, 3.8) is 0 Å². The first-order chi connectivity index (χ1) is 6.93. The third-order valence-corrected chi connectivity index (χ3v) is 3.09. The monoisotopic (exact) mass is 216 g/mol. The van der Waals surface area contributed by atoms with Crippen molar-refractivity contribution in [2.24, 2.45) is 5.41 Å². The summed E-state index contributed by atoms with van der Waals surface area (Å²) < 4.78 is 11.0. The third kappa shape index (κ3) is 3.74. The third-order valence-electron chi connectivity index (χ3n) is 3.09. The first-order valence-electron chi connectivity index (χ1n) is 5.85. The molecule has 0 aromatic rings. The van der Waals surface area contributed by atoms with E-state index in [0.29, 0.717) is 13.2 Å². The predicted octanol–water partition coefficient (Wildman–Crippen LogP) is 1.98. The summed E-state index contributed by atoms with van der Waals surface area (Å²) in [7, 11) is 0. The second kappa shape index (κ2) is 5.28. The van der Waals surface area contributed by atoms with Crippen LogP contribution in [0, 0.1) is 5.41 Å². The zero-order valence-corrected chi connectivity index (χ0v) is 10.3. The summed E-state index contributed by atoms with van der Waals surface area (Å²) in [5, 5.41) is 9.96. The number of aliphatic hydroxyl groups is 1. The molecule has 0 amide bonds. The van der Waals surface area contributed by atoms with Gasteiger partial charge in [0.2, 0.25) is 0 Å². The normalized spacial score (nSPS) is 30.0. The summed E-state index contributed by atoms with van der Waals surface area (Å²) in [6.07, 6.45) is 1.89. The molecule has 1 aliphatic carbocycles. The van der Waals surface area contributed by atoms with Crippen LogP contribution in [-0.2, 0) is 9.47 Å². The van der Waals surface area contributed by atoms with Crippen LogP contribution >= 0.6 is 0 Å². The second-order valence-electron chi connectivity index (χ2n) is 5.30. The van der Waals surface area contributed by atoms with Crippen molar-refractivity contribution in [3.05, 3.63) is 0 Å². The van der Waals surface area contributed by atoms with Crippen LogP contribution in [0.2, 0.25) is 0 Å². The molecule has 0 bridgehead atoms. The van der Waals surface area contributed by atoms with E-state index < -0.39 is 0 Å². The molecule has 3 nitrogen and oxygen atoms in total. The Morgan fingerprint density at radius 2 is 2.00 bits per heavy atom. The molecule has 1 rings (SSSR count). The van der Waals surface area contributed by atoms with Gasteiger partial charge in [0, 0.05) is 0 Å². The highest BCUT2D eigenvalue weighted by molar-refractivity contribution is 4.91. The van der Waals surface area contributed by atoms with Gasteiger partial charge in [0.25, 0.3) is 0 Å². The molecule has 1 saturated carbocycles. The molecule has 1 aliphatic rings. The van der Waals surface area contributed by atoms with E-state index in [0.717, 1.165) is 12.8 Å². The molecule has 0 spiro atoms. The first kappa shape index (κ1) is 12.9. The van der Waals surface area contributed by atoms with Crippen molar-refractivity contribution >= 4 is 0 Å². The average Bonchev–Trinajstić information content (AvgIpc) is 2.38. The Kier molecular flexibility index (Phi) is 4.56. The van der Waals surface area contributed by atoms with E-state index in [4.69, 9.17) is 9.47 Å². The van der Waals surface area contributed by atoms with Gasteiger partial charge in [-0.2, -0.15) is 0 Å². The minimum absolute atomic E-state index is 0.00354. The van der Waals surface area contributed by atoms with Gasteiger partial charge in [0.1, 0.15) is 0 Å². The zero-order valence-electron chi connectivity index (χ0n) is 10.3. The SMILES string of the molecule is CC(C)OCCOC1CCC(C)(C)C1O. The summed E-state index contributed by atoms with van der Waals surface area (Å²) in [5.41, 5.74) is 0.00354. The molecule has 15 heavy (non-hydrogen) atoms. The van der Waals surface area contributed by atoms with E-state index in [1.807, 2.05) is 13.8 Å². The molecule has 2 atom stereocenters. The molecule has 0 saturated heterocycles. The predicted molar refractivity (Wildman–Crippen MR) is 59.8 cm³/mol. The van der Waals surface area contributed by atoms with Crippen LogP contribution in [0.1, 0.15) is 40.5 Å². The first-order valence-corrected chi connectivity index (χ1v) is 5.85. The Morgan fingerprint density at radius 3 is 2.47 bits per heavy atom. The maximum atomic E-state index is 9.96. The minimum Gasteiger partial charge on any atom is -0.390 e. The lowest BCUT2D eigenvalue weighted by atomic mass is 9.89. The van der Waals surface area contributed by atoms with Crippen molar-refractivity contribution in [3.8, 4) is 0 Å². The highest BCUT2D eigenvalue weighted by atomic mass is 16.5. The van der Waals surface area contributed by atoms with E-state index in [9.17, 15) is 5.11 Å². The molecule has 1 fully saturated rings. The average molecular weight is 216 g/mol. The maximum Gasteiger partial charge on any atom is 0.0852 e. The maximum absolute atomic E-state index is 9.96. The summed E-state index contributed by atoms with van der Waals surface area (Å²) in [6.45, 7) is 9.38. The van der Waals surface area contributed by atoms with Crippen LogP contribution in [0.3, 0.4) is 0 Å². The van der Waals surface area contributed by atoms with Gasteiger partial charge < -0.3 is 14.6 Å². The molecule has 0 aliphatic heterocycles. The largest absolute Gasteiger partial charge is 0.390 e. The van der Waals surface area contributed by atoms with Gasteiger partial charge >= 0.3 is 0 Å². The number of rotatable bonds is 5. The fourth-order valence-electron chi connectivity index (χ4n) is 1.98. The Labute approximate surface area is 92.8 Å². The van der Waals surface area contributed by atoms with Crippen molar-refractivity contribution < 1.29 is 14.6 Å². The van der Waals surface area contributed by atoms with E-state index >= 15 is 0 Å². The number of hydrogen-bond acceptors (Lipinski definition) is 3. The summed E-state index contributed by atoms with van der Waals surface area (Å²) >= 11 is 0. The lowest BCUT2D eigenvalue weighted by Crippen LogP contribution is -2.33. The standard InChI is InChI=1S/C12H24O3/c1-9(2)14-7-8-15-10-5-6-12(3,4)11(10)13/h9-11,13H,5-8H2,1-4H3. The summed E-state index contributed by atoms with van der Waals surface area (Å²) in [6, 6.07) is 0. The fraction of sp³-hybridized carbons (Fsp3) is 1.00. The van der Waals surface area contributed by atoms with Gasteiger partial charge in [-0.15, -0.1) is 0 Å². The molecular formula is C12H24O3. The van der Waals surface area contributed by atoms with Crippen LogP contribution in [0.5, 0.6) is 0 Å². The Balaban J connectivity index is 2.18. The van der Waals surface area contributed by atoms with E-state index in [1.54, 1.807) is 0 Å². The molecule has 0 heterocycles. The Hall–Kier alpha value is -0.120. The quantitative estimate of drug-likeness (QED) is 0.714. The second-order valence-corrected chi connectivity index (χ2v) is 5.30. The zero-order chi connectivity index (χ0) is 11.5. The van der Waals surface area contributed by atoms with Crippen LogP contribution in [-0.4, -0.2) is 36.6 Å². The molecule has 0 aromatic carbocycles. The highest BCUT2D eigenvalue weighted by Crippen LogP contribution is 2.38. The van der Waals surface area contributed by atoms with Crippen molar-refractivity contribution in [1.82, 2.24) is 0 Å². The lowest BCUT2D eigenvalue weighted by Gasteiger charge is -2.25. The Bertz CT molecular complexity index is 189. The number of aliphatic hydroxyl groups excluding tert-OH is 1. The van der Waals surface area contributed by atoms with Gasteiger partial charge in [-0.05, 0) is 32.1 Å². The molecule has 3 heteroatoms. The van der Waals surface area contributed by atoms with Gasteiger partial charge in [0.05, 0.1) is 31.5 Å². The smallest absolute Gasteiger partial charge is 0.0852 e. The minimum atomic E-state index is -0.337. The van der Waals surface area contributed by atoms with Crippen molar-refractivity contribution in [2.75, 3.05) is 13.2 Å². The van der Waals surface area contributed by atoms with Crippen LogP contribution < -0.4 is 0 Å². The van der Waals surface area contributed by atoms with Crippen LogP contribution in [0.25, 0.3) is 0 Å². The van der Waals surface area contributed by atoms with Gasteiger partial charge in [-0.3, -0.25) is 0 Å². The molecule has 0 aromatic heterocycles. The van der Waals surface area contributed by atoms with Crippen molar-refractivity contribution in [1.29, 1.82) is 0 Å². The lowest BCUT2D eigenvalue weighted by molar-refractivity contribution is -0.0695. The van der Waals surface area contributed by atoms with Crippen LogP contribution in [0.4, 0.5) is 0 Å². The fourth-order valence-corrected chi connectivity index (χ4v) is 1.98. The van der Waals surface area contributed by atoms with E-state index in [1.165, 1.54) is 0 Å². The van der Waals surface area contributed by atoms with Crippen LogP contribution in [0.15, 0.2) is 0 Å². The van der Waals surface area contributed by atoms with Gasteiger partial charge in [-0.1, -0.05) is 13.8 Å². The molecule has 0 radical (unpaired) electrons. The van der Waals surface area contributed by atoms with Gasteiger partial charge in [-0.25, -0.2) is 0 Å². The van der Waals surface area contributed by atoms with E-state index in [-0.39, 0.29) is 23.7 Å².